The van der Waals surface area contributed by atoms with Crippen molar-refractivity contribution in [3.63, 3.8) is 0 Å². The van der Waals surface area contributed by atoms with Gasteiger partial charge in [0, 0.05) is 5.56 Å². The van der Waals surface area contributed by atoms with E-state index < -0.39 is 17.5 Å². The minimum atomic E-state index is -1.12. The van der Waals surface area contributed by atoms with Crippen molar-refractivity contribution >= 4 is 10.8 Å². The Morgan fingerprint density at radius 1 is 0.792 bits per heavy atom. The van der Waals surface area contributed by atoms with Crippen molar-refractivity contribution in [3.05, 3.63) is 71.0 Å². The highest BCUT2D eigenvalue weighted by Crippen LogP contribution is 2.33. The number of benzene rings is 3. The Morgan fingerprint density at radius 3 is 2.12 bits per heavy atom. The first-order chi connectivity index (χ1) is 11.6. The van der Waals surface area contributed by atoms with Gasteiger partial charge in [0.1, 0.15) is 5.82 Å². The summed E-state index contributed by atoms with van der Waals surface area (Å²) in [6.45, 7) is 3.87. The van der Waals surface area contributed by atoms with Crippen LogP contribution in [0.1, 0.15) is 31.4 Å². The second-order valence-electron chi connectivity index (χ2n) is 5.99. The maximum absolute atomic E-state index is 14.5. The number of aryl methyl sites for hydroxylation is 2. The zero-order valence-corrected chi connectivity index (χ0v) is 13.8. The fourth-order valence-electron chi connectivity index (χ4n) is 3.05. The van der Waals surface area contributed by atoms with Crippen molar-refractivity contribution in [1.82, 2.24) is 0 Å². The summed E-state index contributed by atoms with van der Waals surface area (Å²) < 4.78 is 43.4. The molecule has 3 aromatic rings. The van der Waals surface area contributed by atoms with Crippen molar-refractivity contribution in [2.75, 3.05) is 0 Å². The molecule has 0 amide bonds. The second kappa shape index (κ2) is 6.68. The molecule has 0 heterocycles. The molecule has 0 aliphatic rings. The molecule has 3 heteroatoms. The molecule has 0 nitrogen and oxygen atoms in total. The Morgan fingerprint density at radius 2 is 1.50 bits per heavy atom. The zero-order chi connectivity index (χ0) is 17.3. The lowest BCUT2D eigenvalue weighted by molar-refractivity contribution is 0.513. The minimum absolute atomic E-state index is 0.159. The molecule has 0 aliphatic carbocycles. The Labute approximate surface area is 139 Å². The number of fused-ring (bicyclic) bond motifs is 1. The van der Waals surface area contributed by atoms with Crippen molar-refractivity contribution in [2.24, 2.45) is 0 Å². The lowest BCUT2D eigenvalue weighted by Gasteiger charge is -2.11. The molecule has 0 saturated heterocycles. The number of halogens is 3. The van der Waals surface area contributed by atoms with Gasteiger partial charge in [-0.2, -0.15) is 0 Å². The van der Waals surface area contributed by atoms with Gasteiger partial charge in [0.25, 0.3) is 0 Å². The highest BCUT2D eigenvalue weighted by atomic mass is 19.2. The fourth-order valence-corrected chi connectivity index (χ4v) is 3.05. The van der Waals surface area contributed by atoms with E-state index >= 15 is 0 Å². The lowest BCUT2D eigenvalue weighted by Crippen LogP contribution is -1.97. The van der Waals surface area contributed by atoms with Crippen molar-refractivity contribution < 1.29 is 13.2 Å². The van der Waals surface area contributed by atoms with Crippen LogP contribution in [0.15, 0.2) is 42.5 Å². The lowest BCUT2D eigenvalue weighted by atomic mass is 9.96. The molecule has 0 aromatic heterocycles. The maximum Gasteiger partial charge on any atom is 0.170 e. The van der Waals surface area contributed by atoms with E-state index in [2.05, 4.69) is 6.92 Å². The zero-order valence-electron chi connectivity index (χ0n) is 13.8. The number of hydrogen-bond donors (Lipinski definition) is 0. The van der Waals surface area contributed by atoms with Crippen LogP contribution in [-0.4, -0.2) is 0 Å². The van der Waals surface area contributed by atoms with Crippen LogP contribution in [0.5, 0.6) is 0 Å². The molecule has 0 aliphatic heterocycles. The summed E-state index contributed by atoms with van der Waals surface area (Å²) in [6.07, 6.45) is 2.40. The van der Waals surface area contributed by atoms with Gasteiger partial charge >= 0.3 is 0 Å². The predicted molar refractivity (Wildman–Crippen MR) is 92.6 cm³/mol. The Hall–Kier alpha value is -2.29. The molecule has 0 unspecified atom stereocenters. The first-order valence-corrected chi connectivity index (χ1v) is 8.25. The monoisotopic (exact) mass is 328 g/mol. The third-order valence-electron chi connectivity index (χ3n) is 4.39. The van der Waals surface area contributed by atoms with Crippen LogP contribution in [0.25, 0.3) is 21.9 Å². The largest absolute Gasteiger partial charge is 0.206 e. The number of hydrogen-bond acceptors (Lipinski definition) is 0. The van der Waals surface area contributed by atoms with Crippen LogP contribution < -0.4 is 0 Å². The average Bonchev–Trinajstić information content (AvgIpc) is 2.59. The van der Waals surface area contributed by atoms with E-state index in [4.69, 9.17) is 0 Å². The van der Waals surface area contributed by atoms with E-state index in [0.29, 0.717) is 22.9 Å². The molecule has 3 rings (SSSR count). The van der Waals surface area contributed by atoms with Gasteiger partial charge in [0.15, 0.2) is 11.6 Å². The van der Waals surface area contributed by atoms with Crippen molar-refractivity contribution in [3.8, 4) is 11.1 Å². The molecular weight excluding hydrogens is 309 g/mol. The normalized spacial score (nSPS) is 11.2. The Kier molecular flexibility index (Phi) is 4.61. The molecule has 0 N–H and O–H groups in total. The van der Waals surface area contributed by atoms with Crippen molar-refractivity contribution in [2.45, 2.75) is 33.1 Å². The molecule has 0 bridgehead atoms. The summed E-state index contributed by atoms with van der Waals surface area (Å²) >= 11 is 0. The van der Waals surface area contributed by atoms with Gasteiger partial charge < -0.3 is 0 Å². The maximum atomic E-state index is 14.5. The van der Waals surface area contributed by atoms with E-state index in [0.717, 1.165) is 18.4 Å². The standard InChI is InChI=1S/C21H19F3/c1-3-5-13-6-8-15(9-7-13)17-12-16-11-10-14(4-2)19(22)18(16)21(24)20(17)23/h6-12H,3-5H2,1-2H3. The van der Waals surface area contributed by atoms with Crippen LogP contribution in [0, 0.1) is 17.5 Å². The summed E-state index contributed by atoms with van der Waals surface area (Å²) in [7, 11) is 0. The molecular formula is C21H19F3. The van der Waals surface area contributed by atoms with Crippen LogP contribution in [0.3, 0.4) is 0 Å². The van der Waals surface area contributed by atoms with Crippen LogP contribution in [0.2, 0.25) is 0 Å². The van der Waals surface area contributed by atoms with Crippen molar-refractivity contribution in [1.29, 1.82) is 0 Å². The van der Waals surface area contributed by atoms with Gasteiger partial charge in [-0.15, -0.1) is 0 Å². The Balaban J connectivity index is 2.17. The molecule has 0 atom stereocenters. The highest BCUT2D eigenvalue weighted by molar-refractivity contribution is 5.89. The van der Waals surface area contributed by atoms with Gasteiger partial charge in [-0.1, -0.05) is 56.7 Å². The summed E-state index contributed by atoms with van der Waals surface area (Å²) in [5.41, 5.74) is 2.29. The smallest absolute Gasteiger partial charge is 0.170 e. The summed E-state index contributed by atoms with van der Waals surface area (Å²) in [4.78, 5) is 0. The van der Waals surface area contributed by atoms with E-state index in [-0.39, 0.29) is 10.9 Å². The molecule has 24 heavy (non-hydrogen) atoms. The van der Waals surface area contributed by atoms with Gasteiger partial charge in [0.2, 0.25) is 0 Å². The third kappa shape index (κ3) is 2.79. The molecule has 3 aromatic carbocycles. The second-order valence-corrected chi connectivity index (χ2v) is 5.99. The summed E-state index contributed by atoms with van der Waals surface area (Å²) in [5.74, 6) is -2.79. The quantitative estimate of drug-likeness (QED) is 0.517. The molecule has 124 valence electrons. The van der Waals surface area contributed by atoms with Crippen LogP contribution in [0.4, 0.5) is 13.2 Å². The molecule has 0 radical (unpaired) electrons. The molecule has 0 fully saturated rings. The summed E-state index contributed by atoms with van der Waals surface area (Å²) in [6, 6.07) is 12.2. The minimum Gasteiger partial charge on any atom is -0.206 e. The number of rotatable bonds is 4. The van der Waals surface area contributed by atoms with E-state index in [1.165, 1.54) is 6.07 Å². The summed E-state index contributed by atoms with van der Waals surface area (Å²) in [5, 5.41) is 0.106. The molecule has 0 saturated carbocycles. The van der Waals surface area contributed by atoms with E-state index in [9.17, 15) is 13.2 Å². The first kappa shape index (κ1) is 16.6. The van der Waals surface area contributed by atoms with Crippen LogP contribution >= 0.6 is 0 Å². The van der Waals surface area contributed by atoms with Crippen LogP contribution in [-0.2, 0) is 12.8 Å². The first-order valence-electron chi connectivity index (χ1n) is 8.25. The van der Waals surface area contributed by atoms with Gasteiger partial charge in [-0.3, -0.25) is 0 Å². The third-order valence-corrected chi connectivity index (χ3v) is 4.39. The average molecular weight is 328 g/mol. The van der Waals surface area contributed by atoms with Gasteiger partial charge in [0.05, 0.1) is 5.39 Å². The van der Waals surface area contributed by atoms with Gasteiger partial charge in [-0.05, 0) is 41.0 Å². The highest BCUT2D eigenvalue weighted by Gasteiger charge is 2.19. The van der Waals surface area contributed by atoms with E-state index in [1.807, 2.05) is 12.1 Å². The SMILES string of the molecule is CCCc1ccc(-c2cc3ccc(CC)c(F)c3c(F)c2F)cc1. The molecule has 0 spiro atoms. The van der Waals surface area contributed by atoms with E-state index in [1.54, 1.807) is 31.2 Å². The fraction of sp³-hybridized carbons (Fsp3) is 0.238. The predicted octanol–water partition coefficient (Wildman–Crippen LogP) is 6.44. The Bertz CT molecular complexity index is 880. The topological polar surface area (TPSA) is 0 Å². The van der Waals surface area contributed by atoms with Gasteiger partial charge in [-0.25, -0.2) is 13.2 Å².